The van der Waals surface area contributed by atoms with Crippen molar-refractivity contribution in [1.29, 1.82) is 0 Å². The van der Waals surface area contributed by atoms with E-state index < -0.39 is 17.5 Å². The van der Waals surface area contributed by atoms with Gasteiger partial charge < -0.3 is 5.32 Å². The summed E-state index contributed by atoms with van der Waals surface area (Å²) in [4.78, 5) is 0. The van der Waals surface area contributed by atoms with E-state index >= 15 is 0 Å². The number of benzene rings is 1. The molecule has 1 fully saturated rings. The molecule has 1 heterocycles. The smallest absolute Gasteiger partial charge is 0.170 e. The molecule has 100 valence electrons. The van der Waals surface area contributed by atoms with Gasteiger partial charge in [0.1, 0.15) is 5.69 Å². The quantitative estimate of drug-likeness (QED) is 0.851. The third kappa shape index (κ3) is 2.43. The van der Waals surface area contributed by atoms with Crippen LogP contribution in [0.3, 0.4) is 0 Å². The van der Waals surface area contributed by atoms with Gasteiger partial charge >= 0.3 is 0 Å². The number of halogens is 3. The van der Waals surface area contributed by atoms with Crippen LogP contribution in [0.1, 0.15) is 18.7 Å². The molecule has 3 rings (SSSR count). The van der Waals surface area contributed by atoms with Crippen LogP contribution in [0.15, 0.2) is 12.1 Å². The first-order valence-corrected chi connectivity index (χ1v) is 5.80. The van der Waals surface area contributed by atoms with Crippen LogP contribution >= 0.6 is 0 Å². The summed E-state index contributed by atoms with van der Waals surface area (Å²) in [5.41, 5.74) is -0.212. The Balaban J connectivity index is 1.92. The third-order valence-corrected chi connectivity index (χ3v) is 2.88. The lowest BCUT2D eigenvalue weighted by atomic mass is 10.3. The van der Waals surface area contributed by atoms with E-state index in [0.717, 1.165) is 23.6 Å². The van der Waals surface area contributed by atoms with E-state index in [9.17, 15) is 13.2 Å². The number of nitrogens with one attached hydrogen (secondary N) is 1. The van der Waals surface area contributed by atoms with Crippen molar-refractivity contribution < 1.29 is 13.2 Å². The Kier molecular flexibility index (Phi) is 2.94. The Morgan fingerprint density at radius 2 is 1.89 bits per heavy atom. The minimum absolute atomic E-state index is 0.212. The first-order valence-electron chi connectivity index (χ1n) is 5.80. The SMILES string of the molecule is Fc1cc(F)c(-n2nnnc2CNC2CC2)cc1F. The summed E-state index contributed by atoms with van der Waals surface area (Å²) in [6, 6.07) is 1.64. The third-order valence-electron chi connectivity index (χ3n) is 2.88. The van der Waals surface area contributed by atoms with Crippen LogP contribution in [0.25, 0.3) is 5.69 Å². The largest absolute Gasteiger partial charge is 0.307 e. The molecule has 19 heavy (non-hydrogen) atoms. The molecule has 0 aliphatic heterocycles. The molecule has 0 spiro atoms. The van der Waals surface area contributed by atoms with Crippen LogP contribution in [0.4, 0.5) is 13.2 Å². The molecule has 1 aromatic heterocycles. The van der Waals surface area contributed by atoms with E-state index in [1.165, 1.54) is 0 Å². The monoisotopic (exact) mass is 269 g/mol. The highest BCUT2D eigenvalue weighted by Gasteiger charge is 2.22. The lowest BCUT2D eigenvalue weighted by Gasteiger charge is -2.07. The van der Waals surface area contributed by atoms with Gasteiger partial charge in [-0.15, -0.1) is 5.10 Å². The fourth-order valence-electron chi connectivity index (χ4n) is 1.70. The zero-order chi connectivity index (χ0) is 13.4. The molecule has 1 aromatic carbocycles. The van der Waals surface area contributed by atoms with Crippen LogP contribution in [0, 0.1) is 17.5 Å². The molecule has 1 aliphatic carbocycles. The lowest BCUT2D eigenvalue weighted by Crippen LogP contribution is -2.19. The van der Waals surface area contributed by atoms with Crippen molar-refractivity contribution in [3.63, 3.8) is 0 Å². The first kappa shape index (κ1) is 12.1. The molecule has 5 nitrogen and oxygen atoms in total. The van der Waals surface area contributed by atoms with Gasteiger partial charge in [-0.3, -0.25) is 0 Å². The summed E-state index contributed by atoms with van der Waals surface area (Å²) in [5, 5.41) is 13.9. The average molecular weight is 269 g/mol. The second-order valence-electron chi connectivity index (χ2n) is 4.38. The summed E-state index contributed by atoms with van der Waals surface area (Å²) < 4.78 is 40.7. The van der Waals surface area contributed by atoms with E-state index in [1.807, 2.05) is 0 Å². The van der Waals surface area contributed by atoms with E-state index in [1.54, 1.807) is 0 Å². The summed E-state index contributed by atoms with van der Waals surface area (Å²) in [5.74, 6) is -2.96. The zero-order valence-corrected chi connectivity index (χ0v) is 9.78. The summed E-state index contributed by atoms with van der Waals surface area (Å²) in [6.45, 7) is 0.343. The van der Waals surface area contributed by atoms with Gasteiger partial charge in [-0.25, -0.2) is 13.2 Å². The molecule has 2 aromatic rings. The summed E-state index contributed by atoms with van der Waals surface area (Å²) in [6.07, 6.45) is 2.17. The number of rotatable bonds is 4. The predicted octanol–water partition coefficient (Wildman–Crippen LogP) is 1.33. The molecule has 0 saturated heterocycles. The molecule has 1 aliphatic rings. The van der Waals surface area contributed by atoms with Crippen molar-refractivity contribution in [2.75, 3.05) is 0 Å². The number of aromatic nitrogens is 4. The Morgan fingerprint density at radius 1 is 1.16 bits per heavy atom. The van der Waals surface area contributed by atoms with Gasteiger partial charge in [-0.1, -0.05) is 0 Å². The maximum Gasteiger partial charge on any atom is 0.170 e. The molecule has 0 amide bonds. The number of hydrogen-bond acceptors (Lipinski definition) is 4. The van der Waals surface area contributed by atoms with E-state index in [2.05, 4.69) is 20.8 Å². The van der Waals surface area contributed by atoms with Gasteiger partial charge in [-0.05, 0) is 23.3 Å². The van der Waals surface area contributed by atoms with Crippen molar-refractivity contribution in [3.05, 3.63) is 35.4 Å². The second-order valence-corrected chi connectivity index (χ2v) is 4.38. The second kappa shape index (κ2) is 4.61. The summed E-state index contributed by atoms with van der Waals surface area (Å²) in [7, 11) is 0. The molecular formula is C11H10F3N5. The van der Waals surface area contributed by atoms with E-state index in [0.29, 0.717) is 24.5 Å². The molecule has 0 unspecified atom stereocenters. The average Bonchev–Trinajstić information content (AvgIpc) is 3.09. The van der Waals surface area contributed by atoms with Gasteiger partial charge in [0, 0.05) is 18.2 Å². The fourth-order valence-corrected chi connectivity index (χ4v) is 1.70. The Morgan fingerprint density at radius 3 is 2.63 bits per heavy atom. The summed E-state index contributed by atoms with van der Waals surface area (Å²) >= 11 is 0. The highest BCUT2D eigenvalue weighted by molar-refractivity contribution is 5.34. The topological polar surface area (TPSA) is 55.6 Å². The maximum absolute atomic E-state index is 13.6. The van der Waals surface area contributed by atoms with Crippen LogP contribution in [-0.2, 0) is 6.54 Å². The Hall–Kier alpha value is -1.96. The number of nitrogens with zero attached hydrogens (tertiary/aromatic N) is 4. The highest BCUT2D eigenvalue weighted by atomic mass is 19.2. The normalized spacial score (nSPS) is 14.9. The molecule has 0 atom stereocenters. The van der Waals surface area contributed by atoms with Gasteiger partial charge in [0.2, 0.25) is 0 Å². The van der Waals surface area contributed by atoms with Gasteiger partial charge in [0.15, 0.2) is 23.3 Å². The minimum Gasteiger partial charge on any atom is -0.307 e. The standard InChI is InChI=1S/C11H10F3N5/c12-7-3-9(14)10(4-8(7)13)19-11(16-17-18-19)5-15-6-1-2-6/h3-4,6,15H,1-2,5H2. The molecule has 1 saturated carbocycles. The van der Waals surface area contributed by atoms with Crippen molar-refractivity contribution in [2.45, 2.75) is 25.4 Å². The highest BCUT2D eigenvalue weighted by Crippen LogP contribution is 2.20. The van der Waals surface area contributed by atoms with Crippen molar-refractivity contribution in [1.82, 2.24) is 25.5 Å². The molecule has 8 heteroatoms. The van der Waals surface area contributed by atoms with Crippen LogP contribution in [0.2, 0.25) is 0 Å². The van der Waals surface area contributed by atoms with Crippen molar-refractivity contribution >= 4 is 0 Å². The zero-order valence-electron chi connectivity index (χ0n) is 9.78. The number of tetrazole rings is 1. The Labute approximate surface area is 106 Å². The maximum atomic E-state index is 13.6. The number of hydrogen-bond donors (Lipinski definition) is 1. The molecule has 0 radical (unpaired) electrons. The van der Waals surface area contributed by atoms with E-state index in [4.69, 9.17) is 0 Å². The molecule has 1 N–H and O–H groups in total. The first-order chi connectivity index (χ1) is 9.15. The van der Waals surface area contributed by atoms with Crippen LogP contribution < -0.4 is 5.32 Å². The van der Waals surface area contributed by atoms with Crippen molar-refractivity contribution in [3.8, 4) is 5.69 Å². The lowest BCUT2D eigenvalue weighted by molar-refractivity contribution is 0.489. The van der Waals surface area contributed by atoms with Gasteiger partial charge in [0.25, 0.3) is 0 Å². The molecular weight excluding hydrogens is 259 g/mol. The predicted molar refractivity (Wildman–Crippen MR) is 58.9 cm³/mol. The fraction of sp³-hybridized carbons (Fsp3) is 0.364. The van der Waals surface area contributed by atoms with Crippen LogP contribution in [-0.4, -0.2) is 26.2 Å². The minimum atomic E-state index is -1.24. The van der Waals surface area contributed by atoms with E-state index in [-0.39, 0.29) is 5.69 Å². The van der Waals surface area contributed by atoms with Crippen LogP contribution in [0.5, 0.6) is 0 Å². The van der Waals surface area contributed by atoms with Gasteiger partial charge in [0.05, 0.1) is 6.54 Å². The Bertz CT molecular complexity index is 608. The van der Waals surface area contributed by atoms with Crippen molar-refractivity contribution in [2.24, 2.45) is 0 Å². The molecule has 0 bridgehead atoms. The van der Waals surface area contributed by atoms with Gasteiger partial charge in [-0.2, -0.15) is 4.68 Å².